The lowest BCUT2D eigenvalue weighted by Crippen LogP contribution is -2.43. The first-order chi connectivity index (χ1) is 9.69. The molecule has 1 aromatic heterocycles. The van der Waals surface area contributed by atoms with Crippen LogP contribution in [0, 0.1) is 11.7 Å². The van der Waals surface area contributed by atoms with Crippen molar-refractivity contribution in [1.82, 2.24) is 14.5 Å². The molecule has 0 spiro atoms. The fraction of sp³-hybridized carbons (Fsp3) is 0.533. The number of aromatic nitrogens is 2. The number of rotatable bonds is 3. The van der Waals surface area contributed by atoms with E-state index in [1.165, 1.54) is 11.1 Å². The summed E-state index contributed by atoms with van der Waals surface area (Å²) in [7, 11) is 0. The number of hydrogen-bond donors (Lipinski definition) is 1. The minimum absolute atomic E-state index is 0.217. The Balaban J connectivity index is 1.91. The lowest BCUT2D eigenvalue weighted by Gasteiger charge is -2.32. The van der Waals surface area contributed by atoms with Crippen LogP contribution in [0.2, 0.25) is 0 Å². The fourth-order valence-corrected chi connectivity index (χ4v) is 3.23. The Bertz CT molecular complexity index is 661. The van der Waals surface area contributed by atoms with Gasteiger partial charge in [-0.2, -0.15) is 0 Å². The molecular weight excluding hydrogens is 270 g/mol. The van der Waals surface area contributed by atoms with E-state index in [-0.39, 0.29) is 6.10 Å². The molecule has 1 aliphatic heterocycles. The summed E-state index contributed by atoms with van der Waals surface area (Å²) < 4.78 is 8.87. The second-order valence-corrected chi connectivity index (χ2v) is 5.78. The number of H-pyrrole nitrogens is 1. The summed E-state index contributed by atoms with van der Waals surface area (Å²) in [5.74, 6) is 0. The van der Waals surface area contributed by atoms with Crippen molar-refractivity contribution in [2.75, 3.05) is 26.2 Å². The molecule has 1 fully saturated rings. The maximum atomic E-state index is 5.90. The Kier molecular flexibility index (Phi) is 3.92. The van der Waals surface area contributed by atoms with Crippen LogP contribution < -0.4 is 0 Å². The average Bonchev–Trinajstić information content (AvgIpc) is 2.77. The smallest absolute Gasteiger partial charge is 0.178 e. The van der Waals surface area contributed by atoms with Crippen molar-refractivity contribution in [2.45, 2.75) is 26.5 Å². The average molecular weight is 291 g/mol. The first kappa shape index (κ1) is 13.8. The van der Waals surface area contributed by atoms with Crippen molar-refractivity contribution < 1.29 is 4.74 Å². The highest BCUT2D eigenvalue weighted by Gasteiger charge is 2.21. The van der Waals surface area contributed by atoms with Crippen LogP contribution in [-0.4, -0.2) is 46.8 Å². The Morgan fingerprint density at radius 1 is 1.45 bits per heavy atom. The van der Waals surface area contributed by atoms with Gasteiger partial charge in [0.05, 0.1) is 30.3 Å². The molecule has 2 heterocycles. The number of aromatic amines is 1. The van der Waals surface area contributed by atoms with Gasteiger partial charge in [-0.25, -0.2) is 0 Å². The van der Waals surface area contributed by atoms with Crippen molar-refractivity contribution in [3.63, 3.8) is 0 Å². The van der Waals surface area contributed by atoms with E-state index in [4.69, 9.17) is 17.0 Å². The largest absolute Gasteiger partial charge is 0.374 e. The number of hydrogen-bond acceptors (Lipinski definition) is 3. The number of morpholine rings is 1. The van der Waals surface area contributed by atoms with E-state index < -0.39 is 0 Å². The van der Waals surface area contributed by atoms with Crippen LogP contribution in [0.25, 0.3) is 11.0 Å². The van der Waals surface area contributed by atoms with Crippen molar-refractivity contribution in [2.24, 2.45) is 0 Å². The predicted octanol–water partition coefficient (Wildman–Crippen LogP) is 2.73. The van der Waals surface area contributed by atoms with Crippen molar-refractivity contribution in [3.05, 3.63) is 28.5 Å². The van der Waals surface area contributed by atoms with Gasteiger partial charge in [0.2, 0.25) is 0 Å². The van der Waals surface area contributed by atoms with E-state index in [0.29, 0.717) is 0 Å². The highest BCUT2D eigenvalue weighted by molar-refractivity contribution is 7.71. The Morgan fingerprint density at radius 2 is 2.30 bits per heavy atom. The molecule has 0 saturated carbocycles. The van der Waals surface area contributed by atoms with Crippen LogP contribution in [-0.2, 0) is 11.3 Å². The molecule has 2 aromatic rings. The standard InChI is InChI=1S/C15H21N3OS/c1-3-17-7-8-19-12(9-17)10-18-14-11(2)5-4-6-13(14)16-15(18)20/h4-6,12H,3,7-10H2,1-2H3,(H,16,20). The minimum atomic E-state index is 0.217. The number of likely N-dealkylation sites (N-methyl/N-ethyl adjacent to an activating group) is 1. The molecule has 20 heavy (non-hydrogen) atoms. The van der Waals surface area contributed by atoms with Crippen LogP contribution in [0.5, 0.6) is 0 Å². The summed E-state index contributed by atoms with van der Waals surface area (Å²) in [4.78, 5) is 5.72. The van der Waals surface area contributed by atoms with Crippen LogP contribution in [0.1, 0.15) is 12.5 Å². The van der Waals surface area contributed by atoms with Gasteiger partial charge < -0.3 is 14.3 Å². The van der Waals surface area contributed by atoms with E-state index >= 15 is 0 Å². The first-order valence-electron chi connectivity index (χ1n) is 7.21. The monoisotopic (exact) mass is 291 g/mol. The number of para-hydroxylation sites is 1. The van der Waals surface area contributed by atoms with Gasteiger partial charge in [0.1, 0.15) is 0 Å². The lowest BCUT2D eigenvalue weighted by molar-refractivity contribution is -0.0339. The molecule has 1 aromatic carbocycles. The van der Waals surface area contributed by atoms with Gasteiger partial charge in [-0.15, -0.1) is 0 Å². The number of nitrogens with zero attached hydrogens (tertiary/aromatic N) is 2. The topological polar surface area (TPSA) is 33.2 Å². The Labute approximate surface area is 124 Å². The second-order valence-electron chi connectivity index (χ2n) is 5.40. The summed E-state index contributed by atoms with van der Waals surface area (Å²) >= 11 is 5.48. The highest BCUT2D eigenvalue weighted by atomic mass is 32.1. The van der Waals surface area contributed by atoms with E-state index in [0.717, 1.165) is 43.1 Å². The third-order valence-corrected chi connectivity index (χ3v) is 4.37. The molecule has 1 unspecified atom stereocenters. The van der Waals surface area contributed by atoms with Gasteiger partial charge in [0.15, 0.2) is 4.77 Å². The van der Waals surface area contributed by atoms with Crippen molar-refractivity contribution in [1.29, 1.82) is 0 Å². The molecule has 0 radical (unpaired) electrons. The molecule has 0 amide bonds. The maximum Gasteiger partial charge on any atom is 0.178 e. The van der Waals surface area contributed by atoms with Gasteiger partial charge in [-0.3, -0.25) is 4.90 Å². The summed E-state index contributed by atoms with van der Waals surface area (Å²) in [6.45, 7) is 9.05. The molecular formula is C15H21N3OS. The van der Waals surface area contributed by atoms with E-state index in [1.807, 2.05) is 0 Å². The highest BCUT2D eigenvalue weighted by Crippen LogP contribution is 2.20. The van der Waals surface area contributed by atoms with Crippen LogP contribution in [0.4, 0.5) is 0 Å². The number of ether oxygens (including phenoxy) is 1. The van der Waals surface area contributed by atoms with Gasteiger partial charge >= 0.3 is 0 Å². The third kappa shape index (κ3) is 2.53. The van der Waals surface area contributed by atoms with E-state index in [9.17, 15) is 0 Å². The summed E-state index contributed by atoms with van der Waals surface area (Å²) in [5.41, 5.74) is 3.56. The molecule has 0 bridgehead atoms. The molecule has 1 saturated heterocycles. The summed E-state index contributed by atoms with van der Waals surface area (Å²) in [5, 5.41) is 0. The molecule has 3 rings (SSSR count). The summed E-state index contributed by atoms with van der Waals surface area (Å²) in [6.07, 6.45) is 0.217. The number of nitrogens with one attached hydrogen (secondary N) is 1. The fourth-order valence-electron chi connectivity index (χ4n) is 2.96. The maximum absolute atomic E-state index is 5.90. The molecule has 0 aliphatic carbocycles. The van der Waals surface area contributed by atoms with Gasteiger partial charge in [0.25, 0.3) is 0 Å². The zero-order valence-electron chi connectivity index (χ0n) is 12.1. The van der Waals surface area contributed by atoms with E-state index in [2.05, 4.69) is 46.5 Å². The van der Waals surface area contributed by atoms with Crippen LogP contribution >= 0.6 is 12.2 Å². The SMILES string of the molecule is CCN1CCOC(Cn2c(=S)[nH]c3cccc(C)c32)C1. The van der Waals surface area contributed by atoms with Crippen molar-refractivity contribution >= 4 is 23.3 Å². The predicted molar refractivity (Wildman–Crippen MR) is 83.7 cm³/mol. The zero-order chi connectivity index (χ0) is 14.1. The molecule has 1 N–H and O–H groups in total. The molecule has 4 nitrogen and oxygen atoms in total. The van der Waals surface area contributed by atoms with E-state index in [1.54, 1.807) is 0 Å². The van der Waals surface area contributed by atoms with Gasteiger partial charge in [-0.1, -0.05) is 19.1 Å². The zero-order valence-corrected chi connectivity index (χ0v) is 12.9. The lowest BCUT2D eigenvalue weighted by atomic mass is 10.2. The van der Waals surface area contributed by atoms with Crippen molar-refractivity contribution in [3.8, 4) is 0 Å². The van der Waals surface area contributed by atoms with Gasteiger partial charge in [0, 0.05) is 13.1 Å². The molecule has 1 aliphatic rings. The van der Waals surface area contributed by atoms with Crippen LogP contribution in [0.15, 0.2) is 18.2 Å². The molecule has 5 heteroatoms. The van der Waals surface area contributed by atoms with Crippen LogP contribution in [0.3, 0.4) is 0 Å². The minimum Gasteiger partial charge on any atom is -0.374 e. The Hall–Kier alpha value is -1.17. The second kappa shape index (κ2) is 5.68. The number of benzene rings is 1. The number of fused-ring (bicyclic) bond motifs is 1. The number of imidazole rings is 1. The summed E-state index contributed by atoms with van der Waals surface area (Å²) in [6, 6.07) is 6.26. The normalized spacial score (nSPS) is 20.6. The molecule has 1 atom stereocenters. The molecule has 108 valence electrons. The first-order valence-corrected chi connectivity index (χ1v) is 7.62. The third-order valence-electron chi connectivity index (χ3n) is 4.05. The van der Waals surface area contributed by atoms with Gasteiger partial charge in [-0.05, 0) is 37.3 Å². The number of aryl methyl sites for hydroxylation is 1. The Morgan fingerprint density at radius 3 is 3.10 bits per heavy atom. The quantitative estimate of drug-likeness (QED) is 0.883.